The summed E-state index contributed by atoms with van der Waals surface area (Å²) < 4.78 is 9.74. The maximum absolute atomic E-state index is 7.22. The summed E-state index contributed by atoms with van der Waals surface area (Å²) in [5.74, 6) is 0. The second-order valence-corrected chi connectivity index (χ2v) is 19.0. The van der Waals surface area contributed by atoms with E-state index in [9.17, 15) is 0 Å². The van der Waals surface area contributed by atoms with Gasteiger partial charge in [-0.05, 0) is 113 Å². The number of furan rings is 1. The van der Waals surface area contributed by atoms with Gasteiger partial charge >= 0.3 is 0 Å². The molecule has 72 heavy (non-hydrogen) atoms. The van der Waals surface area contributed by atoms with Gasteiger partial charge < -0.3 is 8.98 Å². The van der Waals surface area contributed by atoms with Crippen LogP contribution in [-0.2, 0) is 0 Å². The molecule has 13 aromatic carbocycles. The minimum Gasteiger partial charge on any atom is -0.455 e. The van der Waals surface area contributed by atoms with Gasteiger partial charge in [-0.15, -0.1) is 0 Å². The molecule has 2 nitrogen and oxygen atoms in total. The molecule has 334 valence electrons. The highest BCUT2D eigenvalue weighted by Gasteiger charge is 2.24. The van der Waals surface area contributed by atoms with E-state index < -0.39 is 0 Å². The number of fused-ring (bicyclic) bond motifs is 10. The standard InChI is InChI=1S/C70H43NO/c1-4-19-44(20-5-1)47-36-39-63-61(41-47)62-42-48(45-21-6-2-7-22-45)37-40-64(62)71(63)69-57-31-16-14-29-55(57)68(56-30-15-17-32-58(56)69)60-34-18-33-59-50-38-35-49(43-65(50)72-70(59)60)67-53-27-12-10-25-51(53)66(46-23-8-3-9-24-46)52-26-11-13-28-54(52)67/h1-43H. The molecule has 2 heterocycles. The van der Waals surface area contributed by atoms with Gasteiger partial charge in [0.1, 0.15) is 11.2 Å². The fraction of sp³-hybridized carbons (Fsp3) is 0. The van der Waals surface area contributed by atoms with E-state index in [4.69, 9.17) is 4.42 Å². The molecule has 0 bridgehead atoms. The van der Waals surface area contributed by atoms with Crippen molar-refractivity contribution >= 4 is 86.8 Å². The lowest BCUT2D eigenvalue weighted by atomic mass is 9.86. The van der Waals surface area contributed by atoms with Gasteiger partial charge in [-0.3, -0.25) is 0 Å². The molecule has 0 radical (unpaired) electrons. The molecule has 15 rings (SSSR count). The number of hydrogen-bond acceptors (Lipinski definition) is 1. The van der Waals surface area contributed by atoms with E-state index in [1.165, 1.54) is 115 Å². The van der Waals surface area contributed by atoms with Gasteiger partial charge in [0.05, 0.1) is 16.7 Å². The molecule has 0 unspecified atom stereocenters. The van der Waals surface area contributed by atoms with Crippen LogP contribution in [0.5, 0.6) is 0 Å². The van der Waals surface area contributed by atoms with Crippen LogP contribution < -0.4 is 0 Å². The molecule has 0 aliphatic heterocycles. The van der Waals surface area contributed by atoms with Crippen LogP contribution in [0.15, 0.2) is 265 Å². The van der Waals surface area contributed by atoms with Crippen molar-refractivity contribution in [2.24, 2.45) is 0 Å². The highest BCUT2D eigenvalue weighted by molar-refractivity contribution is 6.25. The minimum absolute atomic E-state index is 0.871. The molecule has 0 atom stereocenters. The van der Waals surface area contributed by atoms with Gasteiger partial charge in [-0.2, -0.15) is 0 Å². The summed E-state index contributed by atoms with van der Waals surface area (Å²) in [5.41, 5.74) is 17.2. The fourth-order valence-corrected chi connectivity index (χ4v) is 12.0. The molecule has 0 saturated heterocycles. The summed E-state index contributed by atoms with van der Waals surface area (Å²) in [6, 6.07) is 95.3. The lowest BCUT2D eigenvalue weighted by molar-refractivity contribution is 0.670. The van der Waals surface area contributed by atoms with E-state index in [0.717, 1.165) is 33.1 Å². The number of nitrogens with zero attached hydrogens (tertiary/aromatic N) is 1. The first-order chi connectivity index (χ1) is 35.7. The predicted molar refractivity (Wildman–Crippen MR) is 305 cm³/mol. The molecule has 15 aromatic rings. The fourth-order valence-electron chi connectivity index (χ4n) is 12.0. The number of hydrogen-bond donors (Lipinski definition) is 0. The first-order valence-electron chi connectivity index (χ1n) is 24.8. The molecule has 2 heteroatoms. The average molecular weight is 914 g/mol. The zero-order valence-corrected chi connectivity index (χ0v) is 39.2. The van der Waals surface area contributed by atoms with Gasteiger partial charge in [-0.25, -0.2) is 0 Å². The summed E-state index contributed by atoms with van der Waals surface area (Å²) in [6.45, 7) is 0. The lowest BCUT2D eigenvalue weighted by Gasteiger charge is -2.19. The van der Waals surface area contributed by atoms with Crippen molar-refractivity contribution in [1.82, 2.24) is 4.57 Å². The van der Waals surface area contributed by atoms with Crippen LogP contribution in [-0.4, -0.2) is 4.57 Å². The summed E-state index contributed by atoms with van der Waals surface area (Å²) in [7, 11) is 0. The second kappa shape index (κ2) is 16.0. The Morgan fingerprint density at radius 2 is 0.639 bits per heavy atom. The molecule has 0 aliphatic carbocycles. The molecule has 0 aliphatic rings. The minimum atomic E-state index is 0.871. The van der Waals surface area contributed by atoms with Crippen molar-refractivity contribution in [3.63, 3.8) is 0 Å². The van der Waals surface area contributed by atoms with Crippen molar-refractivity contribution < 1.29 is 4.42 Å². The summed E-state index contributed by atoms with van der Waals surface area (Å²) >= 11 is 0. The largest absolute Gasteiger partial charge is 0.455 e. The molecule has 0 fully saturated rings. The second-order valence-electron chi connectivity index (χ2n) is 19.0. The quantitative estimate of drug-likeness (QED) is 0.152. The highest BCUT2D eigenvalue weighted by Crippen LogP contribution is 2.49. The Hall–Kier alpha value is -9.50. The first-order valence-corrected chi connectivity index (χ1v) is 24.8. The Labute approximate surface area is 415 Å². The Bertz CT molecular complexity index is 4450. The number of rotatable bonds is 6. The summed E-state index contributed by atoms with van der Waals surface area (Å²) in [6.07, 6.45) is 0. The maximum Gasteiger partial charge on any atom is 0.143 e. The Kier molecular flexibility index (Phi) is 8.99. The van der Waals surface area contributed by atoms with Crippen molar-refractivity contribution in [2.45, 2.75) is 0 Å². The van der Waals surface area contributed by atoms with E-state index in [1.54, 1.807) is 0 Å². The van der Waals surface area contributed by atoms with Crippen LogP contribution in [0.2, 0.25) is 0 Å². The highest BCUT2D eigenvalue weighted by atomic mass is 16.3. The third kappa shape index (κ3) is 6.09. The van der Waals surface area contributed by atoms with Crippen LogP contribution in [0, 0.1) is 0 Å². The number of benzene rings is 13. The van der Waals surface area contributed by atoms with E-state index in [0.29, 0.717) is 0 Å². The average Bonchev–Trinajstić information content (AvgIpc) is 3.99. The van der Waals surface area contributed by atoms with Gasteiger partial charge in [0, 0.05) is 43.4 Å². The molecule has 0 saturated carbocycles. The van der Waals surface area contributed by atoms with Crippen molar-refractivity contribution in [3.8, 4) is 61.3 Å². The normalized spacial score (nSPS) is 11.9. The number of para-hydroxylation sites is 1. The third-order valence-electron chi connectivity index (χ3n) is 15.2. The van der Waals surface area contributed by atoms with Gasteiger partial charge in [0.2, 0.25) is 0 Å². The van der Waals surface area contributed by atoms with Crippen LogP contribution in [0.25, 0.3) is 148 Å². The van der Waals surface area contributed by atoms with Crippen LogP contribution in [0.3, 0.4) is 0 Å². The van der Waals surface area contributed by atoms with Crippen molar-refractivity contribution in [1.29, 1.82) is 0 Å². The van der Waals surface area contributed by atoms with E-state index in [1.807, 2.05) is 0 Å². The predicted octanol–water partition coefficient (Wildman–Crippen LogP) is 19.6. The van der Waals surface area contributed by atoms with Crippen molar-refractivity contribution in [3.05, 3.63) is 261 Å². The van der Waals surface area contributed by atoms with Crippen LogP contribution in [0.1, 0.15) is 0 Å². The molecule has 2 aromatic heterocycles. The Balaban J connectivity index is 0.961. The molecular weight excluding hydrogens is 871 g/mol. The van der Waals surface area contributed by atoms with E-state index in [2.05, 4.69) is 265 Å². The monoisotopic (exact) mass is 913 g/mol. The molecule has 0 spiro atoms. The lowest BCUT2D eigenvalue weighted by Crippen LogP contribution is -1.99. The molecule has 0 N–H and O–H groups in total. The van der Waals surface area contributed by atoms with Gasteiger partial charge in [-0.1, -0.05) is 224 Å². The maximum atomic E-state index is 7.22. The zero-order valence-electron chi connectivity index (χ0n) is 39.2. The summed E-state index contributed by atoms with van der Waals surface area (Å²) in [4.78, 5) is 0. The van der Waals surface area contributed by atoms with Crippen molar-refractivity contribution in [2.75, 3.05) is 0 Å². The van der Waals surface area contributed by atoms with Gasteiger partial charge in [0.15, 0.2) is 0 Å². The third-order valence-corrected chi connectivity index (χ3v) is 15.2. The van der Waals surface area contributed by atoms with Gasteiger partial charge in [0.25, 0.3) is 0 Å². The Morgan fingerprint density at radius 3 is 1.14 bits per heavy atom. The number of aromatic nitrogens is 1. The SMILES string of the molecule is c1ccc(-c2ccc3c(c2)c2cc(-c4ccccc4)ccc2n3-c2c3ccccc3c(-c3cccc4c3oc3cc(-c5c6ccccc6c(-c6ccccc6)c6ccccc56)ccc34)c3ccccc23)cc1. The van der Waals surface area contributed by atoms with E-state index in [-0.39, 0.29) is 0 Å². The van der Waals surface area contributed by atoms with E-state index >= 15 is 0 Å². The zero-order chi connectivity index (χ0) is 47.3. The van der Waals surface area contributed by atoms with Crippen LogP contribution in [0.4, 0.5) is 0 Å². The molecular formula is C70H43NO. The molecule has 0 amide bonds. The topological polar surface area (TPSA) is 18.1 Å². The van der Waals surface area contributed by atoms with Crippen LogP contribution >= 0.6 is 0 Å². The summed E-state index contributed by atoms with van der Waals surface area (Å²) in [5, 5.41) is 14.3. The Morgan fingerprint density at radius 1 is 0.236 bits per heavy atom. The first kappa shape index (κ1) is 40.4. The smallest absolute Gasteiger partial charge is 0.143 e.